The Labute approximate surface area is 188 Å². The van der Waals surface area contributed by atoms with Gasteiger partial charge in [-0.1, -0.05) is 35.6 Å². The maximum Gasteiger partial charge on any atom is 0.273 e. The van der Waals surface area contributed by atoms with Gasteiger partial charge in [0.05, 0.1) is 12.8 Å². The molecule has 0 bridgehead atoms. The number of carbonyl (C=O) groups is 1. The third-order valence-electron chi connectivity index (χ3n) is 5.09. The van der Waals surface area contributed by atoms with Gasteiger partial charge in [0.25, 0.3) is 5.91 Å². The molecule has 2 aromatic carbocycles. The van der Waals surface area contributed by atoms with Crippen LogP contribution in [0.15, 0.2) is 66.9 Å². The van der Waals surface area contributed by atoms with Gasteiger partial charge in [-0.3, -0.25) is 9.89 Å². The largest absolute Gasteiger partial charge is 0.497 e. The van der Waals surface area contributed by atoms with Gasteiger partial charge < -0.3 is 10.1 Å². The average molecular weight is 442 g/mol. The van der Waals surface area contributed by atoms with Crippen LogP contribution in [0.5, 0.6) is 5.75 Å². The van der Waals surface area contributed by atoms with E-state index in [0.29, 0.717) is 11.4 Å². The Morgan fingerprint density at radius 1 is 1.06 bits per heavy atom. The average Bonchev–Trinajstić information content (AvgIpc) is 3.48. The summed E-state index contributed by atoms with van der Waals surface area (Å²) in [6, 6.07) is 19.0. The molecule has 3 heterocycles. The molecule has 0 spiro atoms. The van der Waals surface area contributed by atoms with E-state index in [1.165, 1.54) is 11.3 Å². The van der Waals surface area contributed by atoms with Crippen molar-refractivity contribution in [3.05, 3.63) is 78.1 Å². The molecule has 0 saturated heterocycles. The lowest BCUT2D eigenvalue weighted by molar-refractivity contribution is 0.102. The van der Waals surface area contributed by atoms with Crippen molar-refractivity contribution in [2.75, 3.05) is 12.4 Å². The third-order valence-corrected chi connectivity index (χ3v) is 6.12. The number of aryl methyl sites for hydroxylation is 1. The minimum atomic E-state index is -0.266. The molecule has 5 aromatic rings. The number of carbonyl (C=O) groups excluding carboxylic acids is 1. The van der Waals surface area contributed by atoms with Crippen LogP contribution in [0, 0.1) is 6.92 Å². The molecule has 158 valence electrons. The molecule has 0 aliphatic carbocycles. The smallest absolute Gasteiger partial charge is 0.273 e. The van der Waals surface area contributed by atoms with Gasteiger partial charge in [-0.2, -0.15) is 5.10 Å². The standard InChI is InChI=1S/C24H19N5O2S/c1-14-8-9-16(23-27-18-7-4-10-25-24(18)32-23)12-19(14)26-22(30)21-13-20(28-29-21)15-5-3-6-17(11-15)31-2/h3-13H,1-2H3,(H,26,30)(H,28,29). The lowest BCUT2D eigenvalue weighted by Gasteiger charge is -2.09. The van der Waals surface area contributed by atoms with Crippen molar-refractivity contribution in [2.45, 2.75) is 6.92 Å². The van der Waals surface area contributed by atoms with Crippen LogP contribution in [0.25, 0.3) is 32.2 Å². The number of hydrogen-bond acceptors (Lipinski definition) is 6. The zero-order valence-electron chi connectivity index (χ0n) is 17.4. The maximum absolute atomic E-state index is 12.9. The lowest BCUT2D eigenvalue weighted by atomic mass is 10.1. The first-order valence-corrected chi connectivity index (χ1v) is 10.8. The third kappa shape index (κ3) is 3.83. The van der Waals surface area contributed by atoms with E-state index < -0.39 is 0 Å². The predicted molar refractivity (Wildman–Crippen MR) is 126 cm³/mol. The summed E-state index contributed by atoms with van der Waals surface area (Å²) in [7, 11) is 1.61. The molecule has 0 aliphatic heterocycles. The normalized spacial score (nSPS) is 10.9. The molecule has 8 heteroatoms. The van der Waals surface area contributed by atoms with Gasteiger partial charge in [0.15, 0.2) is 0 Å². The molecule has 0 unspecified atom stereocenters. The van der Waals surface area contributed by atoms with Crippen LogP contribution in [0.2, 0.25) is 0 Å². The summed E-state index contributed by atoms with van der Waals surface area (Å²) in [5.74, 6) is 0.465. The highest BCUT2D eigenvalue weighted by molar-refractivity contribution is 7.21. The van der Waals surface area contributed by atoms with Crippen LogP contribution < -0.4 is 10.1 Å². The van der Waals surface area contributed by atoms with Crippen LogP contribution in [-0.4, -0.2) is 33.2 Å². The van der Waals surface area contributed by atoms with E-state index in [4.69, 9.17) is 4.74 Å². The van der Waals surface area contributed by atoms with E-state index in [9.17, 15) is 4.79 Å². The zero-order valence-corrected chi connectivity index (χ0v) is 18.2. The second-order valence-electron chi connectivity index (χ2n) is 7.23. The zero-order chi connectivity index (χ0) is 22.1. The molecule has 32 heavy (non-hydrogen) atoms. The fraction of sp³-hybridized carbons (Fsp3) is 0.0833. The SMILES string of the molecule is COc1cccc(-c2cc(C(=O)Nc3cc(-c4nc5cccnc5s4)ccc3C)[nH]n2)c1. The van der Waals surface area contributed by atoms with Gasteiger partial charge in [-0.05, 0) is 48.9 Å². The Balaban J connectivity index is 1.40. The van der Waals surface area contributed by atoms with Crippen molar-refractivity contribution >= 4 is 33.3 Å². The van der Waals surface area contributed by atoms with E-state index >= 15 is 0 Å². The first kappa shape index (κ1) is 19.9. The predicted octanol–water partition coefficient (Wildman–Crippen LogP) is 5.32. The van der Waals surface area contributed by atoms with Gasteiger partial charge >= 0.3 is 0 Å². The first-order valence-electron chi connectivity index (χ1n) is 9.94. The van der Waals surface area contributed by atoms with Crippen LogP contribution in [0.1, 0.15) is 16.1 Å². The van der Waals surface area contributed by atoms with E-state index in [-0.39, 0.29) is 5.91 Å². The lowest BCUT2D eigenvalue weighted by Crippen LogP contribution is -2.13. The summed E-state index contributed by atoms with van der Waals surface area (Å²) in [4.78, 5) is 22.8. The summed E-state index contributed by atoms with van der Waals surface area (Å²) in [5, 5.41) is 10.9. The number of H-pyrrole nitrogens is 1. The van der Waals surface area contributed by atoms with Gasteiger partial charge in [0.2, 0.25) is 0 Å². The number of pyridine rings is 1. The Hall–Kier alpha value is -4.04. The number of amides is 1. The number of hydrogen-bond donors (Lipinski definition) is 2. The van der Waals surface area contributed by atoms with E-state index in [2.05, 4.69) is 25.5 Å². The van der Waals surface area contributed by atoms with Gasteiger partial charge in [0, 0.05) is 23.0 Å². The number of aromatic nitrogens is 4. The van der Waals surface area contributed by atoms with Crippen molar-refractivity contribution in [2.24, 2.45) is 0 Å². The number of fused-ring (bicyclic) bond motifs is 1. The fourth-order valence-corrected chi connectivity index (χ4v) is 4.24. The van der Waals surface area contributed by atoms with Gasteiger partial charge in [-0.15, -0.1) is 0 Å². The number of anilines is 1. The van der Waals surface area contributed by atoms with E-state index in [1.54, 1.807) is 19.4 Å². The molecule has 2 N–H and O–H groups in total. The van der Waals surface area contributed by atoms with Crippen LogP contribution in [-0.2, 0) is 0 Å². The summed E-state index contributed by atoms with van der Waals surface area (Å²) < 4.78 is 5.26. The van der Waals surface area contributed by atoms with Crippen LogP contribution >= 0.6 is 11.3 Å². The number of nitrogens with zero attached hydrogens (tertiary/aromatic N) is 3. The van der Waals surface area contributed by atoms with Crippen molar-refractivity contribution in [1.29, 1.82) is 0 Å². The first-order chi connectivity index (χ1) is 15.6. The van der Waals surface area contributed by atoms with Crippen molar-refractivity contribution < 1.29 is 9.53 Å². The monoisotopic (exact) mass is 441 g/mol. The minimum Gasteiger partial charge on any atom is -0.497 e. The molecule has 7 nitrogen and oxygen atoms in total. The molecule has 0 radical (unpaired) electrons. The highest BCUT2D eigenvalue weighted by atomic mass is 32.1. The van der Waals surface area contributed by atoms with Crippen molar-refractivity contribution in [1.82, 2.24) is 20.2 Å². The Morgan fingerprint density at radius 3 is 2.81 bits per heavy atom. The molecule has 0 fully saturated rings. The van der Waals surface area contributed by atoms with Gasteiger partial charge in [0.1, 0.15) is 26.8 Å². The molecule has 0 aliphatic rings. The number of thiazole rings is 1. The number of nitrogens with one attached hydrogen (secondary N) is 2. The molecular weight excluding hydrogens is 422 g/mol. The number of rotatable bonds is 5. The fourth-order valence-electron chi connectivity index (χ4n) is 3.34. The minimum absolute atomic E-state index is 0.266. The quantitative estimate of drug-likeness (QED) is 0.385. The topological polar surface area (TPSA) is 92.8 Å². The van der Waals surface area contributed by atoms with E-state index in [1.807, 2.05) is 61.5 Å². The molecular formula is C24H19N5O2S. The summed E-state index contributed by atoms with van der Waals surface area (Å²) >= 11 is 1.52. The molecule has 3 aromatic heterocycles. The second-order valence-corrected chi connectivity index (χ2v) is 8.21. The van der Waals surface area contributed by atoms with E-state index in [0.717, 1.165) is 43.5 Å². The van der Waals surface area contributed by atoms with Gasteiger partial charge in [-0.25, -0.2) is 9.97 Å². The molecule has 0 saturated carbocycles. The molecule has 5 rings (SSSR count). The van der Waals surface area contributed by atoms with Crippen molar-refractivity contribution in [3.63, 3.8) is 0 Å². The number of methoxy groups -OCH3 is 1. The molecule has 0 atom stereocenters. The number of aromatic amines is 1. The maximum atomic E-state index is 12.9. The summed E-state index contributed by atoms with van der Waals surface area (Å²) in [5.41, 5.74) is 5.36. The highest BCUT2D eigenvalue weighted by Gasteiger charge is 2.14. The molecule has 1 amide bonds. The number of benzene rings is 2. The Kier molecular flexibility index (Phi) is 5.12. The number of ether oxygens (including phenoxy) is 1. The summed E-state index contributed by atoms with van der Waals surface area (Å²) in [6.07, 6.45) is 1.76. The Bertz CT molecular complexity index is 1410. The van der Waals surface area contributed by atoms with Crippen LogP contribution in [0.4, 0.5) is 5.69 Å². The summed E-state index contributed by atoms with van der Waals surface area (Å²) in [6.45, 7) is 1.95. The second kappa shape index (κ2) is 8.24. The van der Waals surface area contributed by atoms with Crippen molar-refractivity contribution in [3.8, 4) is 27.6 Å². The Morgan fingerprint density at radius 2 is 1.97 bits per heavy atom. The van der Waals surface area contributed by atoms with Crippen LogP contribution in [0.3, 0.4) is 0 Å². The highest BCUT2D eigenvalue weighted by Crippen LogP contribution is 2.31.